The molecule has 0 saturated heterocycles. The monoisotopic (exact) mass is 375 g/mol. The summed E-state index contributed by atoms with van der Waals surface area (Å²) in [6, 6.07) is 10.5. The van der Waals surface area contributed by atoms with Crippen molar-refractivity contribution in [3.8, 4) is 0 Å². The van der Waals surface area contributed by atoms with E-state index in [9.17, 15) is 4.39 Å². The topological polar surface area (TPSA) is 26.0 Å². The largest absolute Gasteiger partial charge is 0.321 e. The van der Waals surface area contributed by atoms with Crippen LogP contribution in [0.3, 0.4) is 0 Å². The van der Waals surface area contributed by atoms with E-state index in [-0.39, 0.29) is 5.02 Å². The van der Waals surface area contributed by atoms with Gasteiger partial charge in [-0.25, -0.2) is 4.39 Å². The molecule has 5 heteroatoms. The van der Waals surface area contributed by atoms with Gasteiger partial charge in [-0.15, -0.1) is 0 Å². The lowest BCUT2D eigenvalue weighted by atomic mass is 9.86. The van der Waals surface area contributed by atoms with E-state index in [1.807, 2.05) is 31.2 Å². The first-order valence-corrected chi connectivity index (χ1v) is 7.53. The Balaban J connectivity index is 2.37. The van der Waals surface area contributed by atoms with Gasteiger partial charge in [0.15, 0.2) is 0 Å². The zero-order valence-electron chi connectivity index (χ0n) is 10.8. The number of rotatable bonds is 3. The average molecular weight is 377 g/mol. The zero-order valence-corrected chi connectivity index (χ0v) is 13.9. The Kier molecular flexibility index (Phi) is 4.75. The van der Waals surface area contributed by atoms with Crippen LogP contribution in [0, 0.1) is 5.82 Å². The Hall–Kier alpha value is -0.610. The number of nitrogens with two attached hydrogens (primary N) is 1. The SMILES string of the molecule is CC(N)(Cc1cccc(Br)c1)c1cc(F)c(Cl)cc1Cl. The maximum atomic E-state index is 13.6. The van der Waals surface area contributed by atoms with Crippen molar-refractivity contribution in [1.29, 1.82) is 0 Å². The van der Waals surface area contributed by atoms with Crippen molar-refractivity contribution >= 4 is 39.1 Å². The van der Waals surface area contributed by atoms with Gasteiger partial charge in [-0.2, -0.15) is 0 Å². The van der Waals surface area contributed by atoms with Gasteiger partial charge in [0, 0.05) is 15.0 Å². The molecule has 0 saturated carbocycles. The van der Waals surface area contributed by atoms with Crippen molar-refractivity contribution < 1.29 is 4.39 Å². The molecule has 0 amide bonds. The molecule has 2 rings (SSSR count). The number of halogens is 4. The van der Waals surface area contributed by atoms with Crippen molar-refractivity contribution in [3.63, 3.8) is 0 Å². The predicted octanol–water partition coefficient (Wildman–Crippen LogP) is 5.31. The third kappa shape index (κ3) is 3.53. The van der Waals surface area contributed by atoms with Gasteiger partial charge in [-0.3, -0.25) is 0 Å². The van der Waals surface area contributed by atoms with Gasteiger partial charge in [0.05, 0.1) is 5.02 Å². The molecular formula is C15H13BrCl2FN. The molecule has 1 unspecified atom stereocenters. The summed E-state index contributed by atoms with van der Waals surface area (Å²) in [5, 5.41) is 0.369. The summed E-state index contributed by atoms with van der Waals surface area (Å²) in [4.78, 5) is 0. The fourth-order valence-electron chi connectivity index (χ4n) is 2.13. The Bertz CT molecular complexity index is 644. The van der Waals surface area contributed by atoms with Crippen LogP contribution in [0.2, 0.25) is 10.0 Å². The Labute approximate surface area is 136 Å². The fraction of sp³-hybridized carbons (Fsp3) is 0.200. The molecule has 0 aromatic heterocycles. The molecule has 0 spiro atoms. The van der Waals surface area contributed by atoms with E-state index in [0.29, 0.717) is 17.0 Å². The molecule has 2 aromatic carbocycles. The third-order valence-corrected chi connectivity index (χ3v) is 4.18. The lowest BCUT2D eigenvalue weighted by molar-refractivity contribution is 0.486. The molecule has 0 aliphatic heterocycles. The summed E-state index contributed by atoms with van der Waals surface area (Å²) in [7, 11) is 0. The predicted molar refractivity (Wildman–Crippen MR) is 85.8 cm³/mol. The van der Waals surface area contributed by atoms with Crippen LogP contribution in [-0.4, -0.2) is 0 Å². The second-order valence-corrected chi connectivity index (χ2v) is 6.70. The van der Waals surface area contributed by atoms with Gasteiger partial charge in [0.1, 0.15) is 5.82 Å². The minimum Gasteiger partial charge on any atom is -0.321 e. The first-order valence-electron chi connectivity index (χ1n) is 5.98. The highest BCUT2D eigenvalue weighted by Gasteiger charge is 2.26. The van der Waals surface area contributed by atoms with Crippen LogP contribution >= 0.6 is 39.1 Å². The Morgan fingerprint density at radius 2 is 1.90 bits per heavy atom. The highest BCUT2D eigenvalue weighted by Crippen LogP contribution is 2.33. The van der Waals surface area contributed by atoms with E-state index in [4.69, 9.17) is 28.9 Å². The number of benzene rings is 2. The molecule has 106 valence electrons. The van der Waals surface area contributed by atoms with Crippen molar-refractivity contribution in [2.45, 2.75) is 18.9 Å². The molecule has 0 bridgehead atoms. The van der Waals surface area contributed by atoms with Gasteiger partial charge in [-0.05, 0) is 48.7 Å². The highest BCUT2D eigenvalue weighted by molar-refractivity contribution is 9.10. The van der Waals surface area contributed by atoms with E-state index in [1.54, 1.807) is 0 Å². The first-order chi connectivity index (χ1) is 9.29. The summed E-state index contributed by atoms with van der Waals surface area (Å²) >= 11 is 15.3. The van der Waals surface area contributed by atoms with Crippen LogP contribution in [0.1, 0.15) is 18.1 Å². The second-order valence-electron chi connectivity index (χ2n) is 4.97. The Morgan fingerprint density at radius 3 is 2.55 bits per heavy atom. The molecule has 0 fully saturated rings. The second kappa shape index (κ2) is 6.02. The van der Waals surface area contributed by atoms with E-state index in [1.165, 1.54) is 12.1 Å². The molecule has 2 aromatic rings. The normalized spacial score (nSPS) is 14.1. The summed E-state index contributed by atoms with van der Waals surface area (Å²) in [6.07, 6.45) is 0.535. The maximum Gasteiger partial charge on any atom is 0.142 e. The molecule has 0 radical (unpaired) electrons. The van der Waals surface area contributed by atoms with Crippen molar-refractivity contribution in [3.05, 3.63) is 67.9 Å². The minimum atomic E-state index is -0.788. The van der Waals surface area contributed by atoms with Gasteiger partial charge < -0.3 is 5.73 Å². The summed E-state index contributed by atoms with van der Waals surface area (Å²) in [6.45, 7) is 1.82. The molecule has 0 aliphatic rings. The third-order valence-electron chi connectivity index (χ3n) is 3.09. The van der Waals surface area contributed by atoms with Crippen molar-refractivity contribution in [2.75, 3.05) is 0 Å². The average Bonchev–Trinajstić information content (AvgIpc) is 2.33. The molecular weight excluding hydrogens is 364 g/mol. The minimum absolute atomic E-state index is 0.00277. The summed E-state index contributed by atoms with van der Waals surface area (Å²) in [5.41, 5.74) is 7.12. The zero-order chi connectivity index (χ0) is 14.9. The van der Waals surface area contributed by atoms with E-state index >= 15 is 0 Å². The van der Waals surface area contributed by atoms with E-state index in [0.717, 1.165) is 10.0 Å². The van der Waals surface area contributed by atoms with E-state index in [2.05, 4.69) is 15.9 Å². The lowest BCUT2D eigenvalue weighted by Gasteiger charge is -2.27. The van der Waals surface area contributed by atoms with Crippen LogP contribution in [0.15, 0.2) is 40.9 Å². The van der Waals surface area contributed by atoms with Crippen LogP contribution in [-0.2, 0) is 12.0 Å². The number of hydrogen-bond acceptors (Lipinski definition) is 1. The molecule has 0 heterocycles. The molecule has 20 heavy (non-hydrogen) atoms. The van der Waals surface area contributed by atoms with Gasteiger partial charge in [0.2, 0.25) is 0 Å². The van der Waals surface area contributed by atoms with Crippen LogP contribution in [0.4, 0.5) is 4.39 Å². The van der Waals surface area contributed by atoms with Gasteiger partial charge >= 0.3 is 0 Å². The lowest BCUT2D eigenvalue weighted by Crippen LogP contribution is -2.36. The van der Waals surface area contributed by atoms with Gasteiger partial charge in [0.25, 0.3) is 0 Å². The summed E-state index contributed by atoms with van der Waals surface area (Å²) < 4.78 is 14.6. The smallest absolute Gasteiger partial charge is 0.142 e. The number of hydrogen-bond donors (Lipinski definition) is 1. The maximum absolute atomic E-state index is 13.6. The van der Waals surface area contributed by atoms with E-state index < -0.39 is 11.4 Å². The molecule has 2 N–H and O–H groups in total. The van der Waals surface area contributed by atoms with Crippen LogP contribution in [0.5, 0.6) is 0 Å². The summed E-state index contributed by atoms with van der Waals surface area (Å²) in [5.74, 6) is -0.517. The van der Waals surface area contributed by atoms with Crippen LogP contribution < -0.4 is 5.73 Å². The Morgan fingerprint density at radius 1 is 1.20 bits per heavy atom. The highest BCUT2D eigenvalue weighted by atomic mass is 79.9. The standard InChI is InChI=1S/C15H13BrCl2FN/c1-15(20,8-9-3-2-4-10(16)5-9)11-6-14(19)13(18)7-12(11)17/h2-7H,8,20H2,1H3. The molecule has 0 aliphatic carbocycles. The fourth-order valence-corrected chi connectivity index (χ4v) is 3.17. The van der Waals surface area contributed by atoms with Crippen molar-refractivity contribution in [1.82, 2.24) is 0 Å². The molecule has 1 nitrogen and oxygen atoms in total. The quantitative estimate of drug-likeness (QED) is 0.721. The molecule has 1 atom stereocenters. The van der Waals surface area contributed by atoms with Gasteiger partial charge in [-0.1, -0.05) is 51.3 Å². The van der Waals surface area contributed by atoms with Crippen molar-refractivity contribution in [2.24, 2.45) is 5.73 Å². The van der Waals surface area contributed by atoms with Crippen LogP contribution in [0.25, 0.3) is 0 Å². The first kappa shape index (κ1) is 15.8.